The first kappa shape index (κ1) is 16.5. The summed E-state index contributed by atoms with van der Waals surface area (Å²) < 4.78 is 6.20. The number of nitrogens with zero attached hydrogens (tertiary/aromatic N) is 3. The van der Waals surface area contributed by atoms with Crippen molar-refractivity contribution < 1.29 is 4.52 Å². The molecule has 0 aliphatic heterocycles. The van der Waals surface area contributed by atoms with Gasteiger partial charge in [-0.1, -0.05) is 39.3 Å². The van der Waals surface area contributed by atoms with Gasteiger partial charge >= 0.3 is 0 Å². The van der Waals surface area contributed by atoms with Crippen LogP contribution in [0.2, 0.25) is 0 Å². The molecule has 2 aromatic heterocycles. The Hall–Kier alpha value is -2.32. The maximum absolute atomic E-state index is 5.24. The number of hydrogen-bond donors (Lipinski definition) is 2. The summed E-state index contributed by atoms with van der Waals surface area (Å²) in [7, 11) is 0. The average molecular weight is 404 g/mol. The summed E-state index contributed by atoms with van der Waals surface area (Å²) in [4.78, 5) is 8.68. The number of halogens is 1. The van der Waals surface area contributed by atoms with Gasteiger partial charge in [-0.3, -0.25) is 0 Å². The molecule has 2 heterocycles. The molecule has 0 spiro atoms. The third-order valence-corrected chi connectivity index (χ3v) is 3.82. The minimum atomic E-state index is 0.332. The zero-order valence-electron chi connectivity index (χ0n) is 12.8. The van der Waals surface area contributed by atoms with Gasteiger partial charge in [-0.15, -0.1) is 0 Å². The van der Waals surface area contributed by atoms with Crippen LogP contribution >= 0.6 is 28.1 Å². The van der Waals surface area contributed by atoms with Crippen LogP contribution < -0.4 is 10.6 Å². The molecule has 6 nitrogen and oxygen atoms in total. The van der Waals surface area contributed by atoms with E-state index in [4.69, 9.17) is 16.7 Å². The first-order valence-electron chi connectivity index (χ1n) is 7.17. The van der Waals surface area contributed by atoms with Crippen LogP contribution in [-0.4, -0.2) is 20.2 Å². The van der Waals surface area contributed by atoms with Crippen LogP contribution in [0.5, 0.6) is 0 Å². The van der Waals surface area contributed by atoms with Gasteiger partial charge in [0.25, 0.3) is 0 Å². The lowest BCUT2D eigenvalue weighted by Crippen LogP contribution is -2.28. The highest BCUT2D eigenvalue weighted by atomic mass is 79.9. The Balaban J connectivity index is 1.58. The van der Waals surface area contributed by atoms with Crippen molar-refractivity contribution in [1.29, 1.82) is 0 Å². The lowest BCUT2D eigenvalue weighted by atomic mass is 10.2. The Bertz CT molecular complexity index is 867. The fourth-order valence-corrected chi connectivity index (χ4v) is 2.58. The topological polar surface area (TPSA) is 75.9 Å². The molecule has 8 heteroatoms. The molecule has 0 radical (unpaired) electrons. The van der Waals surface area contributed by atoms with Crippen LogP contribution in [0.25, 0.3) is 11.4 Å². The van der Waals surface area contributed by atoms with Gasteiger partial charge in [0, 0.05) is 15.7 Å². The monoisotopic (exact) mass is 403 g/mol. The molecule has 3 rings (SSSR count). The molecule has 0 saturated carbocycles. The number of rotatable bonds is 4. The van der Waals surface area contributed by atoms with E-state index in [1.54, 1.807) is 0 Å². The van der Waals surface area contributed by atoms with Crippen molar-refractivity contribution in [3.8, 4) is 11.4 Å². The maximum Gasteiger partial charge on any atom is 0.246 e. The maximum atomic E-state index is 5.24. The second kappa shape index (κ2) is 7.50. The Morgan fingerprint density at radius 3 is 2.83 bits per heavy atom. The molecule has 0 bridgehead atoms. The second-order valence-electron chi connectivity index (χ2n) is 4.99. The molecule has 0 unspecified atom stereocenters. The number of aromatic nitrogens is 3. The summed E-state index contributed by atoms with van der Waals surface area (Å²) in [5.74, 6) is 1.67. The van der Waals surface area contributed by atoms with Crippen LogP contribution in [0.3, 0.4) is 0 Å². The van der Waals surface area contributed by atoms with E-state index in [1.165, 1.54) is 0 Å². The molecule has 2 N–H and O–H groups in total. The Morgan fingerprint density at radius 1 is 1.21 bits per heavy atom. The fraction of sp³-hybridized carbons (Fsp3) is 0.125. The van der Waals surface area contributed by atoms with Crippen molar-refractivity contribution in [2.75, 3.05) is 5.32 Å². The molecule has 0 aliphatic rings. The summed E-state index contributed by atoms with van der Waals surface area (Å²) in [5, 5.41) is 10.4. The first-order valence-corrected chi connectivity index (χ1v) is 8.37. The Labute approximate surface area is 152 Å². The van der Waals surface area contributed by atoms with Crippen LogP contribution in [-0.2, 0) is 6.54 Å². The molecule has 1 aromatic carbocycles. The summed E-state index contributed by atoms with van der Waals surface area (Å²) in [5.41, 5.74) is 1.79. The van der Waals surface area contributed by atoms with Crippen molar-refractivity contribution in [3.63, 3.8) is 0 Å². The van der Waals surface area contributed by atoms with E-state index in [9.17, 15) is 0 Å². The quantitative estimate of drug-likeness (QED) is 0.643. The van der Waals surface area contributed by atoms with Crippen molar-refractivity contribution in [3.05, 3.63) is 58.5 Å². The number of thiocarbonyl (C=S) groups is 1. The number of anilines is 1. The van der Waals surface area contributed by atoms with E-state index in [1.807, 2.05) is 49.4 Å². The Morgan fingerprint density at radius 2 is 2.04 bits per heavy atom. The highest BCUT2D eigenvalue weighted by Gasteiger charge is 2.09. The highest BCUT2D eigenvalue weighted by Crippen LogP contribution is 2.20. The molecule has 3 aromatic rings. The van der Waals surface area contributed by atoms with Gasteiger partial charge in [-0.25, -0.2) is 4.98 Å². The lowest BCUT2D eigenvalue weighted by Gasteiger charge is -2.08. The number of hydrogen-bond acceptors (Lipinski definition) is 5. The molecule has 24 heavy (non-hydrogen) atoms. The van der Waals surface area contributed by atoms with Gasteiger partial charge in [-0.2, -0.15) is 4.98 Å². The van der Waals surface area contributed by atoms with Crippen molar-refractivity contribution >= 4 is 39.1 Å². The summed E-state index contributed by atoms with van der Waals surface area (Å²) in [6.45, 7) is 2.25. The normalized spacial score (nSPS) is 10.4. The van der Waals surface area contributed by atoms with Crippen LogP contribution in [0.4, 0.5) is 5.82 Å². The zero-order valence-corrected chi connectivity index (χ0v) is 15.2. The third-order valence-electron chi connectivity index (χ3n) is 3.08. The molecule has 0 amide bonds. The second-order valence-corrected chi connectivity index (χ2v) is 6.32. The van der Waals surface area contributed by atoms with E-state index in [0.717, 1.165) is 15.7 Å². The highest BCUT2D eigenvalue weighted by molar-refractivity contribution is 9.10. The standard InChI is InChI=1S/C16H14BrN5OS/c1-10-4-2-7-13(19-10)20-16(24)18-9-14-21-15(22-23-14)11-5-3-6-12(17)8-11/h2-8H,9H2,1H3,(H2,18,19,20,24). The van der Waals surface area contributed by atoms with Gasteiger partial charge in [0.1, 0.15) is 5.82 Å². The van der Waals surface area contributed by atoms with Gasteiger partial charge in [0.05, 0.1) is 6.54 Å². The lowest BCUT2D eigenvalue weighted by molar-refractivity contribution is 0.376. The molecule has 122 valence electrons. The average Bonchev–Trinajstić information content (AvgIpc) is 3.02. The summed E-state index contributed by atoms with van der Waals surface area (Å²) in [6, 6.07) is 13.4. The van der Waals surface area contributed by atoms with Crippen molar-refractivity contribution in [2.45, 2.75) is 13.5 Å². The summed E-state index contributed by atoms with van der Waals surface area (Å²) >= 11 is 8.66. The SMILES string of the molecule is Cc1cccc(NC(=S)NCc2nc(-c3cccc(Br)c3)no2)n1. The number of pyridine rings is 1. The molecule has 0 saturated heterocycles. The predicted octanol–water partition coefficient (Wildman–Crippen LogP) is 3.69. The minimum Gasteiger partial charge on any atom is -0.353 e. The smallest absolute Gasteiger partial charge is 0.246 e. The molecular weight excluding hydrogens is 390 g/mol. The largest absolute Gasteiger partial charge is 0.353 e. The Kier molecular flexibility index (Phi) is 5.17. The number of benzene rings is 1. The minimum absolute atomic E-state index is 0.332. The van der Waals surface area contributed by atoms with E-state index < -0.39 is 0 Å². The van der Waals surface area contributed by atoms with Gasteiger partial charge in [0.15, 0.2) is 5.11 Å². The van der Waals surface area contributed by atoms with Crippen LogP contribution in [0, 0.1) is 6.92 Å². The van der Waals surface area contributed by atoms with Crippen LogP contribution in [0.15, 0.2) is 51.5 Å². The van der Waals surface area contributed by atoms with E-state index in [2.05, 4.69) is 41.7 Å². The third kappa shape index (κ3) is 4.36. The van der Waals surface area contributed by atoms with E-state index in [0.29, 0.717) is 29.2 Å². The van der Waals surface area contributed by atoms with E-state index >= 15 is 0 Å². The zero-order chi connectivity index (χ0) is 16.9. The first-order chi connectivity index (χ1) is 11.6. The van der Waals surface area contributed by atoms with Crippen LogP contribution in [0.1, 0.15) is 11.6 Å². The van der Waals surface area contributed by atoms with E-state index in [-0.39, 0.29) is 0 Å². The molecule has 0 atom stereocenters. The fourth-order valence-electron chi connectivity index (χ4n) is 2.00. The molecule has 0 aliphatic carbocycles. The molecular formula is C16H14BrN5OS. The van der Waals surface area contributed by atoms with Gasteiger partial charge < -0.3 is 15.2 Å². The van der Waals surface area contributed by atoms with Gasteiger partial charge in [-0.05, 0) is 43.4 Å². The molecule has 0 fully saturated rings. The van der Waals surface area contributed by atoms with Gasteiger partial charge in [0.2, 0.25) is 11.7 Å². The van der Waals surface area contributed by atoms with Crippen molar-refractivity contribution in [2.24, 2.45) is 0 Å². The number of aryl methyl sites for hydroxylation is 1. The van der Waals surface area contributed by atoms with Crippen molar-refractivity contribution in [1.82, 2.24) is 20.4 Å². The predicted molar refractivity (Wildman–Crippen MR) is 99.5 cm³/mol. The number of nitrogens with one attached hydrogen (secondary N) is 2. The summed E-state index contributed by atoms with van der Waals surface area (Å²) in [6.07, 6.45) is 0.